The maximum atomic E-state index is 11.7. The highest BCUT2D eigenvalue weighted by Crippen LogP contribution is 2.30. The lowest BCUT2D eigenvalue weighted by Crippen LogP contribution is -2.30. The van der Waals surface area contributed by atoms with Gasteiger partial charge in [0.15, 0.2) is 6.61 Å². The van der Waals surface area contributed by atoms with Crippen molar-refractivity contribution in [1.82, 2.24) is 5.32 Å². The molecule has 3 heteroatoms. The largest absolute Gasteiger partial charge is 0.483 e. The highest BCUT2D eigenvalue weighted by molar-refractivity contribution is 5.77. The third kappa shape index (κ3) is 5.64. The molecular formula is C17H27NO2. The van der Waals surface area contributed by atoms with Gasteiger partial charge < -0.3 is 10.1 Å². The zero-order chi connectivity index (χ0) is 15.2. The van der Waals surface area contributed by atoms with Crippen molar-refractivity contribution in [2.24, 2.45) is 5.92 Å². The zero-order valence-corrected chi connectivity index (χ0v) is 13.3. The summed E-state index contributed by atoms with van der Waals surface area (Å²) in [6.07, 6.45) is 0.990. The second-order valence-electron chi connectivity index (χ2n) is 6.57. The van der Waals surface area contributed by atoms with Crippen molar-refractivity contribution >= 4 is 5.91 Å². The van der Waals surface area contributed by atoms with Gasteiger partial charge in [-0.05, 0) is 29.4 Å². The van der Waals surface area contributed by atoms with Crippen LogP contribution in [-0.4, -0.2) is 19.1 Å². The quantitative estimate of drug-likeness (QED) is 0.864. The molecule has 0 aliphatic rings. The fourth-order valence-electron chi connectivity index (χ4n) is 1.91. The van der Waals surface area contributed by atoms with Crippen LogP contribution in [0.2, 0.25) is 0 Å². The Morgan fingerprint density at radius 1 is 1.25 bits per heavy atom. The number of carbonyl (C=O) groups excluding carboxylic acids is 1. The smallest absolute Gasteiger partial charge is 0.257 e. The van der Waals surface area contributed by atoms with Crippen molar-refractivity contribution < 1.29 is 9.53 Å². The molecule has 3 nitrogen and oxygen atoms in total. The fraction of sp³-hybridized carbons (Fsp3) is 0.588. The van der Waals surface area contributed by atoms with Crippen molar-refractivity contribution in [3.8, 4) is 5.75 Å². The number of hydrogen-bond acceptors (Lipinski definition) is 2. The van der Waals surface area contributed by atoms with Crippen LogP contribution < -0.4 is 10.1 Å². The molecule has 1 amide bonds. The van der Waals surface area contributed by atoms with Gasteiger partial charge in [0, 0.05) is 6.54 Å². The number of rotatable bonds is 6. The fourth-order valence-corrected chi connectivity index (χ4v) is 1.91. The summed E-state index contributed by atoms with van der Waals surface area (Å²) in [7, 11) is 0. The van der Waals surface area contributed by atoms with Gasteiger partial charge in [-0.25, -0.2) is 0 Å². The van der Waals surface area contributed by atoms with Gasteiger partial charge in [-0.1, -0.05) is 52.8 Å². The Kier molecular flexibility index (Phi) is 6.05. The SMILES string of the molecule is CC(C)CCNC(=O)COc1ccccc1C(C)(C)C. The molecule has 1 aromatic rings. The number of ether oxygens (including phenoxy) is 1. The Hall–Kier alpha value is -1.51. The molecule has 0 heterocycles. The van der Waals surface area contributed by atoms with Crippen LogP contribution in [0.4, 0.5) is 0 Å². The molecule has 0 aliphatic carbocycles. The standard InChI is InChI=1S/C17H27NO2/c1-13(2)10-11-18-16(19)12-20-15-9-7-6-8-14(15)17(3,4)5/h6-9,13H,10-12H2,1-5H3,(H,18,19). The number of nitrogens with one attached hydrogen (secondary N) is 1. The van der Waals surface area contributed by atoms with E-state index in [1.54, 1.807) is 0 Å². The van der Waals surface area contributed by atoms with Gasteiger partial charge in [-0.2, -0.15) is 0 Å². The van der Waals surface area contributed by atoms with Gasteiger partial charge >= 0.3 is 0 Å². The first-order valence-electron chi connectivity index (χ1n) is 7.29. The highest BCUT2D eigenvalue weighted by atomic mass is 16.5. The third-order valence-electron chi connectivity index (χ3n) is 3.10. The minimum Gasteiger partial charge on any atom is -0.483 e. The molecule has 0 radical (unpaired) electrons. The molecule has 0 unspecified atom stereocenters. The molecule has 0 fully saturated rings. The summed E-state index contributed by atoms with van der Waals surface area (Å²) in [4.78, 5) is 11.7. The Morgan fingerprint density at radius 3 is 2.50 bits per heavy atom. The number of hydrogen-bond donors (Lipinski definition) is 1. The van der Waals surface area contributed by atoms with E-state index in [1.807, 2.05) is 24.3 Å². The van der Waals surface area contributed by atoms with Gasteiger partial charge in [0.05, 0.1) is 0 Å². The van der Waals surface area contributed by atoms with Crippen LogP contribution in [0.1, 0.15) is 46.6 Å². The van der Waals surface area contributed by atoms with Crippen molar-refractivity contribution in [3.63, 3.8) is 0 Å². The minimum absolute atomic E-state index is 0.00467. The Labute approximate surface area is 122 Å². The average molecular weight is 277 g/mol. The van der Waals surface area contributed by atoms with E-state index < -0.39 is 0 Å². The molecule has 0 bridgehead atoms. The van der Waals surface area contributed by atoms with Crippen molar-refractivity contribution in [3.05, 3.63) is 29.8 Å². The van der Waals surface area contributed by atoms with Crippen LogP contribution in [0.15, 0.2) is 24.3 Å². The van der Waals surface area contributed by atoms with Crippen LogP contribution in [0.25, 0.3) is 0 Å². The van der Waals surface area contributed by atoms with E-state index in [4.69, 9.17) is 4.74 Å². The summed E-state index contributed by atoms with van der Waals surface area (Å²) in [6, 6.07) is 7.89. The second kappa shape index (κ2) is 7.32. The monoisotopic (exact) mass is 277 g/mol. The zero-order valence-electron chi connectivity index (χ0n) is 13.3. The van der Waals surface area contributed by atoms with E-state index in [9.17, 15) is 4.79 Å². The van der Waals surface area contributed by atoms with Crippen LogP contribution >= 0.6 is 0 Å². The van der Waals surface area contributed by atoms with E-state index >= 15 is 0 Å². The highest BCUT2D eigenvalue weighted by Gasteiger charge is 2.18. The van der Waals surface area contributed by atoms with E-state index in [-0.39, 0.29) is 17.9 Å². The maximum absolute atomic E-state index is 11.7. The molecule has 0 spiro atoms. The van der Waals surface area contributed by atoms with Crippen molar-refractivity contribution in [1.29, 1.82) is 0 Å². The van der Waals surface area contributed by atoms with Crippen LogP contribution in [0.5, 0.6) is 5.75 Å². The topological polar surface area (TPSA) is 38.3 Å². The Morgan fingerprint density at radius 2 is 1.90 bits per heavy atom. The van der Waals surface area contributed by atoms with Crippen LogP contribution in [0, 0.1) is 5.92 Å². The van der Waals surface area contributed by atoms with Gasteiger partial charge in [0.25, 0.3) is 5.91 Å². The molecule has 0 saturated heterocycles. The summed E-state index contributed by atoms with van der Waals surface area (Å²) in [5.74, 6) is 1.33. The molecular weight excluding hydrogens is 250 g/mol. The lowest BCUT2D eigenvalue weighted by atomic mass is 9.86. The van der Waals surface area contributed by atoms with E-state index in [0.717, 1.165) is 17.7 Å². The average Bonchev–Trinajstić information content (AvgIpc) is 2.35. The normalized spacial score (nSPS) is 11.5. The predicted octanol–water partition coefficient (Wildman–Crippen LogP) is 3.53. The molecule has 0 saturated carbocycles. The predicted molar refractivity (Wildman–Crippen MR) is 83.1 cm³/mol. The Bertz CT molecular complexity index is 433. The number of amides is 1. The molecule has 112 valence electrons. The summed E-state index contributed by atoms with van der Waals surface area (Å²) in [5, 5.41) is 2.88. The lowest BCUT2D eigenvalue weighted by molar-refractivity contribution is -0.123. The van der Waals surface area contributed by atoms with Crippen molar-refractivity contribution in [2.75, 3.05) is 13.2 Å². The molecule has 0 atom stereocenters. The number of benzene rings is 1. The summed E-state index contributed by atoms with van der Waals surface area (Å²) in [5.41, 5.74) is 1.13. The second-order valence-corrected chi connectivity index (χ2v) is 6.57. The molecule has 0 aliphatic heterocycles. The maximum Gasteiger partial charge on any atom is 0.257 e. The van der Waals surface area contributed by atoms with Crippen LogP contribution in [0.3, 0.4) is 0 Å². The van der Waals surface area contributed by atoms with Gasteiger partial charge in [0.2, 0.25) is 0 Å². The van der Waals surface area contributed by atoms with E-state index in [1.165, 1.54) is 0 Å². The molecule has 1 aromatic carbocycles. The summed E-state index contributed by atoms with van der Waals surface area (Å²) in [6.45, 7) is 11.5. The molecule has 1 rings (SSSR count). The van der Waals surface area contributed by atoms with E-state index in [0.29, 0.717) is 12.5 Å². The lowest BCUT2D eigenvalue weighted by Gasteiger charge is -2.22. The van der Waals surface area contributed by atoms with E-state index in [2.05, 4.69) is 39.9 Å². The minimum atomic E-state index is -0.0608. The van der Waals surface area contributed by atoms with Gasteiger partial charge in [-0.3, -0.25) is 4.79 Å². The first kappa shape index (κ1) is 16.5. The van der Waals surface area contributed by atoms with Crippen molar-refractivity contribution in [2.45, 2.75) is 46.5 Å². The first-order chi connectivity index (χ1) is 9.30. The molecule has 20 heavy (non-hydrogen) atoms. The summed E-state index contributed by atoms with van der Waals surface area (Å²) >= 11 is 0. The van der Waals surface area contributed by atoms with Crippen LogP contribution in [-0.2, 0) is 10.2 Å². The number of para-hydroxylation sites is 1. The molecule has 1 N–H and O–H groups in total. The molecule has 0 aromatic heterocycles. The first-order valence-corrected chi connectivity index (χ1v) is 7.29. The number of carbonyl (C=O) groups is 1. The Balaban J connectivity index is 2.52. The van der Waals surface area contributed by atoms with Gasteiger partial charge in [-0.15, -0.1) is 0 Å². The summed E-state index contributed by atoms with van der Waals surface area (Å²) < 4.78 is 5.67. The third-order valence-corrected chi connectivity index (χ3v) is 3.10. The van der Waals surface area contributed by atoms with Gasteiger partial charge in [0.1, 0.15) is 5.75 Å².